The van der Waals surface area contributed by atoms with Gasteiger partial charge in [0.2, 0.25) is 0 Å². The van der Waals surface area contributed by atoms with Crippen LogP contribution < -0.4 is 5.32 Å². The fourth-order valence-corrected chi connectivity index (χ4v) is 2.25. The standard InChI is InChI=1S/C13H12BrClFN3/c1-2-3-9-12(15)17-7-18-13(9)19-11-5-4-8(14)6-10(11)16/h4-7H,2-3H2,1H3,(H,17,18,19). The predicted molar refractivity (Wildman–Crippen MR) is 78.4 cm³/mol. The highest BCUT2D eigenvalue weighted by Crippen LogP contribution is 2.27. The van der Waals surface area contributed by atoms with Crippen molar-refractivity contribution in [3.05, 3.63) is 45.5 Å². The quantitative estimate of drug-likeness (QED) is 0.815. The van der Waals surface area contributed by atoms with Gasteiger partial charge < -0.3 is 5.32 Å². The Bertz CT molecular complexity index is 592. The van der Waals surface area contributed by atoms with Crippen molar-refractivity contribution in [2.45, 2.75) is 19.8 Å². The highest BCUT2D eigenvalue weighted by atomic mass is 79.9. The number of hydrogen-bond donors (Lipinski definition) is 1. The number of halogens is 3. The second-order valence-electron chi connectivity index (χ2n) is 3.99. The summed E-state index contributed by atoms with van der Waals surface area (Å²) in [7, 11) is 0. The Kier molecular flexibility index (Phi) is 4.71. The van der Waals surface area contributed by atoms with Gasteiger partial charge in [0.25, 0.3) is 0 Å². The lowest BCUT2D eigenvalue weighted by Crippen LogP contribution is -2.02. The third-order valence-corrected chi connectivity index (χ3v) is 3.40. The van der Waals surface area contributed by atoms with Crippen molar-refractivity contribution in [3.8, 4) is 0 Å². The van der Waals surface area contributed by atoms with E-state index in [2.05, 4.69) is 31.2 Å². The summed E-state index contributed by atoms with van der Waals surface area (Å²) in [6.07, 6.45) is 3.01. The van der Waals surface area contributed by atoms with Gasteiger partial charge in [0, 0.05) is 10.0 Å². The summed E-state index contributed by atoms with van der Waals surface area (Å²) in [6.45, 7) is 2.04. The van der Waals surface area contributed by atoms with Crippen LogP contribution in [0.3, 0.4) is 0 Å². The van der Waals surface area contributed by atoms with Gasteiger partial charge >= 0.3 is 0 Å². The number of benzene rings is 1. The SMILES string of the molecule is CCCc1c(Cl)ncnc1Nc1ccc(Br)cc1F. The predicted octanol–water partition coefficient (Wildman–Crippen LogP) is 4.73. The van der Waals surface area contributed by atoms with E-state index in [1.807, 2.05) is 6.92 Å². The molecule has 0 spiro atoms. The summed E-state index contributed by atoms with van der Waals surface area (Å²) in [6, 6.07) is 4.80. The number of aromatic nitrogens is 2. The van der Waals surface area contributed by atoms with Crippen LogP contribution in [0, 0.1) is 5.82 Å². The molecule has 0 amide bonds. The average Bonchev–Trinajstić information content (AvgIpc) is 2.37. The fourth-order valence-electron chi connectivity index (χ4n) is 1.69. The largest absolute Gasteiger partial charge is 0.337 e. The van der Waals surface area contributed by atoms with E-state index in [1.54, 1.807) is 12.1 Å². The van der Waals surface area contributed by atoms with Crippen molar-refractivity contribution >= 4 is 39.0 Å². The lowest BCUT2D eigenvalue weighted by molar-refractivity contribution is 0.631. The molecule has 0 aliphatic heterocycles. The third-order valence-electron chi connectivity index (χ3n) is 2.58. The van der Waals surface area contributed by atoms with Crippen LogP contribution in [0.15, 0.2) is 29.0 Å². The monoisotopic (exact) mass is 343 g/mol. The molecule has 0 unspecified atom stereocenters. The van der Waals surface area contributed by atoms with Crippen molar-refractivity contribution in [3.63, 3.8) is 0 Å². The van der Waals surface area contributed by atoms with Crippen molar-refractivity contribution in [1.82, 2.24) is 9.97 Å². The molecule has 2 rings (SSSR count). The Balaban J connectivity index is 2.35. The minimum Gasteiger partial charge on any atom is -0.337 e. The molecular formula is C13H12BrClFN3. The van der Waals surface area contributed by atoms with Crippen LogP contribution in [-0.4, -0.2) is 9.97 Å². The fraction of sp³-hybridized carbons (Fsp3) is 0.231. The van der Waals surface area contributed by atoms with E-state index in [1.165, 1.54) is 12.4 Å². The number of anilines is 2. The van der Waals surface area contributed by atoms with Crippen molar-refractivity contribution in [2.24, 2.45) is 0 Å². The van der Waals surface area contributed by atoms with Gasteiger partial charge in [-0.05, 0) is 24.6 Å². The first-order valence-corrected chi connectivity index (χ1v) is 7.00. The molecule has 2 aromatic rings. The summed E-state index contributed by atoms with van der Waals surface area (Å²) in [5, 5.41) is 3.36. The normalized spacial score (nSPS) is 10.5. The molecule has 100 valence electrons. The summed E-state index contributed by atoms with van der Waals surface area (Å²) in [4.78, 5) is 8.08. The summed E-state index contributed by atoms with van der Waals surface area (Å²) in [5.74, 6) is 0.189. The number of rotatable bonds is 4. The Hall–Kier alpha value is -1.20. The molecular weight excluding hydrogens is 333 g/mol. The topological polar surface area (TPSA) is 37.8 Å². The maximum atomic E-state index is 13.8. The number of hydrogen-bond acceptors (Lipinski definition) is 3. The molecule has 1 heterocycles. The Labute approximate surface area is 124 Å². The molecule has 1 aromatic heterocycles. The van der Waals surface area contributed by atoms with Gasteiger partial charge in [0.15, 0.2) is 0 Å². The molecule has 6 heteroatoms. The number of nitrogens with one attached hydrogen (secondary N) is 1. The maximum absolute atomic E-state index is 13.8. The van der Waals surface area contributed by atoms with E-state index in [-0.39, 0.29) is 5.82 Å². The molecule has 3 nitrogen and oxygen atoms in total. The van der Waals surface area contributed by atoms with E-state index >= 15 is 0 Å². The van der Waals surface area contributed by atoms with Crippen LogP contribution >= 0.6 is 27.5 Å². The zero-order valence-corrected chi connectivity index (χ0v) is 12.6. The molecule has 0 bridgehead atoms. The van der Waals surface area contributed by atoms with E-state index in [0.29, 0.717) is 21.1 Å². The first-order valence-electron chi connectivity index (χ1n) is 5.83. The lowest BCUT2D eigenvalue weighted by atomic mass is 10.2. The molecule has 0 fully saturated rings. The van der Waals surface area contributed by atoms with E-state index < -0.39 is 0 Å². The smallest absolute Gasteiger partial charge is 0.147 e. The van der Waals surface area contributed by atoms with E-state index in [9.17, 15) is 4.39 Å². The second-order valence-corrected chi connectivity index (χ2v) is 5.26. The van der Waals surface area contributed by atoms with Gasteiger partial charge in [-0.3, -0.25) is 0 Å². The Morgan fingerprint density at radius 1 is 1.37 bits per heavy atom. The highest BCUT2D eigenvalue weighted by Gasteiger charge is 2.11. The Morgan fingerprint density at radius 3 is 2.84 bits per heavy atom. The highest BCUT2D eigenvalue weighted by molar-refractivity contribution is 9.10. The summed E-state index contributed by atoms with van der Waals surface area (Å²) in [5.41, 5.74) is 1.16. The molecule has 0 saturated heterocycles. The lowest BCUT2D eigenvalue weighted by Gasteiger charge is -2.12. The van der Waals surface area contributed by atoms with Gasteiger partial charge in [-0.15, -0.1) is 0 Å². The van der Waals surface area contributed by atoms with Gasteiger partial charge in [0.05, 0.1) is 5.69 Å². The zero-order valence-electron chi connectivity index (χ0n) is 10.3. The first kappa shape index (κ1) is 14.2. The summed E-state index contributed by atoms with van der Waals surface area (Å²) < 4.78 is 14.5. The molecule has 0 aliphatic rings. The van der Waals surface area contributed by atoms with Gasteiger partial charge in [-0.1, -0.05) is 40.9 Å². The van der Waals surface area contributed by atoms with Crippen LogP contribution in [0.1, 0.15) is 18.9 Å². The molecule has 0 aliphatic carbocycles. The molecule has 0 atom stereocenters. The third kappa shape index (κ3) is 3.42. The molecule has 1 aromatic carbocycles. The molecule has 1 N–H and O–H groups in total. The second kappa shape index (κ2) is 6.30. The molecule has 19 heavy (non-hydrogen) atoms. The van der Waals surface area contributed by atoms with Gasteiger partial charge in [-0.25, -0.2) is 14.4 Å². The Morgan fingerprint density at radius 2 is 2.16 bits per heavy atom. The van der Waals surface area contributed by atoms with Crippen molar-refractivity contribution in [1.29, 1.82) is 0 Å². The summed E-state index contributed by atoms with van der Waals surface area (Å²) >= 11 is 9.27. The van der Waals surface area contributed by atoms with Gasteiger partial charge in [-0.2, -0.15) is 0 Å². The van der Waals surface area contributed by atoms with Crippen LogP contribution in [0.2, 0.25) is 5.15 Å². The van der Waals surface area contributed by atoms with Crippen LogP contribution in [0.5, 0.6) is 0 Å². The van der Waals surface area contributed by atoms with Crippen molar-refractivity contribution < 1.29 is 4.39 Å². The van der Waals surface area contributed by atoms with Gasteiger partial charge in [0.1, 0.15) is 23.1 Å². The average molecular weight is 345 g/mol. The first-order chi connectivity index (χ1) is 9.11. The van der Waals surface area contributed by atoms with Crippen LogP contribution in [0.25, 0.3) is 0 Å². The van der Waals surface area contributed by atoms with Crippen LogP contribution in [-0.2, 0) is 6.42 Å². The minimum absolute atomic E-state index is 0.355. The zero-order chi connectivity index (χ0) is 13.8. The van der Waals surface area contributed by atoms with Crippen molar-refractivity contribution in [2.75, 3.05) is 5.32 Å². The minimum atomic E-state index is -0.355. The van der Waals surface area contributed by atoms with Crippen LogP contribution in [0.4, 0.5) is 15.9 Å². The van der Waals surface area contributed by atoms with E-state index in [4.69, 9.17) is 11.6 Å². The molecule has 0 saturated carbocycles. The maximum Gasteiger partial charge on any atom is 0.147 e. The molecule has 0 radical (unpaired) electrons. The number of nitrogens with zero attached hydrogens (tertiary/aromatic N) is 2. The van der Waals surface area contributed by atoms with E-state index in [0.717, 1.165) is 18.4 Å².